The molecule has 3 heteroatoms. The van der Waals surface area contributed by atoms with E-state index in [1.165, 1.54) is 36.4 Å². The van der Waals surface area contributed by atoms with Crippen molar-refractivity contribution in [2.24, 2.45) is 11.7 Å². The SMILES string of the molecule is Cc1cc(N2CCN(CC(C)C)CC2)ccc1CCN. The highest BCUT2D eigenvalue weighted by atomic mass is 15.3. The normalized spacial score (nSPS) is 16.9. The number of anilines is 1. The maximum absolute atomic E-state index is 5.65. The summed E-state index contributed by atoms with van der Waals surface area (Å²) in [6, 6.07) is 6.83. The van der Waals surface area contributed by atoms with Crippen LogP contribution in [0.25, 0.3) is 0 Å². The molecule has 1 saturated heterocycles. The lowest BCUT2D eigenvalue weighted by atomic mass is 10.0. The van der Waals surface area contributed by atoms with E-state index in [4.69, 9.17) is 5.73 Å². The van der Waals surface area contributed by atoms with Crippen molar-refractivity contribution < 1.29 is 0 Å². The molecular formula is C17H29N3. The van der Waals surface area contributed by atoms with Gasteiger partial charge in [-0.1, -0.05) is 19.9 Å². The van der Waals surface area contributed by atoms with E-state index in [0.717, 1.165) is 32.0 Å². The van der Waals surface area contributed by atoms with Crippen LogP contribution in [-0.4, -0.2) is 44.2 Å². The van der Waals surface area contributed by atoms with Gasteiger partial charge in [-0.2, -0.15) is 0 Å². The number of rotatable bonds is 5. The Morgan fingerprint density at radius 3 is 2.40 bits per heavy atom. The van der Waals surface area contributed by atoms with E-state index in [-0.39, 0.29) is 0 Å². The number of hydrogen-bond acceptors (Lipinski definition) is 3. The molecule has 0 amide bonds. The summed E-state index contributed by atoms with van der Waals surface area (Å²) < 4.78 is 0. The van der Waals surface area contributed by atoms with Gasteiger partial charge < -0.3 is 10.6 Å². The number of benzene rings is 1. The van der Waals surface area contributed by atoms with Crippen LogP contribution in [-0.2, 0) is 6.42 Å². The average molecular weight is 275 g/mol. The first-order valence-corrected chi connectivity index (χ1v) is 7.87. The van der Waals surface area contributed by atoms with Crippen molar-refractivity contribution >= 4 is 5.69 Å². The predicted octanol–water partition coefficient (Wildman–Crippen LogP) is 2.27. The molecule has 1 aliphatic heterocycles. The molecule has 0 atom stereocenters. The first kappa shape index (κ1) is 15.3. The Morgan fingerprint density at radius 2 is 1.85 bits per heavy atom. The fraction of sp³-hybridized carbons (Fsp3) is 0.647. The highest BCUT2D eigenvalue weighted by molar-refractivity contribution is 5.51. The zero-order valence-corrected chi connectivity index (χ0v) is 13.2. The second kappa shape index (κ2) is 7.09. The van der Waals surface area contributed by atoms with Gasteiger partial charge in [-0.15, -0.1) is 0 Å². The van der Waals surface area contributed by atoms with Gasteiger partial charge in [0.05, 0.1) is 0 Å². The average Bonchev–Trinajstić information content (AvgIpc) is 2.41. The standard InChI is InChI=1S/C17H29N3/c1-14(2)13-19-8-10-20(11-9-19)17-5-4-16(6-7-18)15(3)12-17/h4-5,12,14H,6-11,13,18H2,1-3H3. The van der Waals surface area contributed by atoms with Crippen LogP contribution in [0.2, 0.25) is 0 Å². The van der Waals surface area contributed by atoms with E-state index in [1.807, 2.05) is 0 Å². The Balaban J connectivity index is 1.95. The molecule has 1 aromatic carbocycles. The predicted molar refractivity (Wildman–Crippen MR) is 87.4 cm³/mol. The van der Waals surface area contributed by atoms with E-state index in [0.29, 0.717) is 0 Å². The number of nitrogens with zero attached hydrogens (tertiary/aromatic N) is 2. The third-order valence-electron chi connectivity index (χ3n) is 4.10. The molecule has 0 unspecified atom stereocenters. The van der Waals surface area contributed by atoms with E-state index >= 15 is 0 Å². The van der Waals surface area contributed by atoms with Crippen LogP contribution in [0.1, 0.15) is 25.0 Å². The molecule has 20 heavy (non-hydrogen) atoms. The number of hydrogen-bond donors (Lipinski definition) is 1. The molecule has 1 fully saturated rings. The van der Waals surface area contributed by atoms with E-state index < -0.39 is 0 Å². The minimum atomic E-state index is 0.730. The summed E-state index contributed by atoms with van der Waals surface area (Å²) in [5.41, 5.74) is 9.77. The monoisotopic (exact) mass is 275 g/mol. The Bertz CT molecular complexity index is 420. The number of piperazine rings is 1. The van der Waals surface area contributed by atoms with Gasteiger partial charge in [0.15, 0.2) is 0 Å². The van der Waals surface area contributed by atoms with Crippen LogP contribution in [0.5, 0.6) is 0 Å². The van der Waals surface area contributed by atoms with Crippen molar-refractivity contribution in [3.05, 3.63) is 29.3 Å². The number of nitrogens with two attached hydrogens (primary N) is 1. The first-order valence-electron chi connectivity index (χ1n) is 7.87. The Labute approximate surface area is 123 Å². The van der Waals surface area contributed by atoms with Crippen LogP contribution in [0.4, 0.5) is 5.69 Å². The van der Waals surface area contributed by atoms with Crippen LogP contribution >= 0.6 is 0 Å². The Morgan fingerprint density at radius 1 is 1.15 bits per heavy atom. The van der Waals surface area contributed by atoms with Crippen LogP contribution < -0.4 is 10.6 Å². The fourth-order valence-corrected chi connectivity index (χ4v) is 3.02. The van der Waals surface area contributed by atoms with Gasteiger partial charge in [0.2, 0.25) is 0 Å². The lowest BCUT2D eigenvalue weighted by Gasteiger charge is -2.37. The van der Waals surface area contributed by atoms with Gasteiger partial charge in [0.25, 0.3) is 0 Å². The zero-order valence-electron chi connectivity index (χ0n) is 13.2. The molecular weight excluding hydrogens is 246 g/mol. The topological polar surface area (TPSA) is 32.5 Å². The van der Waals surface area contributed by atoms with Gasteiger partial charge in [-0.25, -0.2) is 0 Å². The minimum Gasteiger partial charge on any atom is -0.369 e. The van der Waals surface area contributed by atoms with Crippen molar-refractivity contribution in [1.82, 2.24) is 4.90 Å². The van der Waals surface area contributed by atoms with Crippen molar-refractivity contribution in [2.75, 3.05) is 44.2 Å². The van der Waals surface area contributed by atoms with E-state index in [2.05, 4.69) is 48.8 Å². The largest absolute Gasteiger partial charge is 0.369 e. The molecule has 0 spiro atoms. The summed E-state index contributed by atoms with van der Waals surface area (Å²) in [5.74, 6) is 0.763. The molecule has 1 aromatic rings. The highest BCUT2D eigenvalue weighted by Crippen LogP contribution is 2.21. The summed E-state index contributed by atoms with van der Waals surface area (Å²) in [4.78, 5) is 5.09. The van der Waals surface area contributed by atoms with Gasteiger partial charge >= 0.3 is 0 Å². The summed E-state index contributed by atoms with van der Waals surface area (Å²) in [7, 11) is 0. The second-order valence-electron chi connectivity index (χ2n) is 6.33. The quantitative estimate of drug-likeness (QED) is 0.895. The van der Waals surface area contributed by atoms with E-state index in [1.54, 1.807) is 0 Å². The summed E-state index contributed by atoms with van der Waals surface area (Å²) in [5, 5.41) is 0. The van der Waals surface area contributed by atoms with Gasteiger partial charge in [0, 0.05) is 38.4 Å². The maximum atomic E-state index is 5.65. The molecule has 0 aliphatic carbocycles. The lowest BCUT2D eigenvalue weighted by Crippen LogP contribution is -2.47. The minimum absolute atomic E-state index is 0.730. The zero-order chi connectivity index (χ0) is 14.5. The van der Waals surface area contributed by atoms with Gasteiger partial charge in [-0.05, 0) is 49.1 Å². The lowest BCUT2D eigenvalue weighted by molar-refractivity contribution is 0.231. The van der Waals surface area contributed by atoms with Gasteiger partial charge in [0.1, 0.15) is 0 Å². The second-order valence-corrected chi connectivity index (χ2v) is 6.33. The third-order valence-corrected chi connectivity index (χ3v) is 4.10. The molecule has 0 bridgehead atoms. The van der Waals surface area contributed by atoms with Crippen molar-refractivity contribution in [2.45, 2.75) is 27.2 Å². The summed E-state index contributed by atoms with van der Waals surface area (Å²) >= 11 is 0. The molecule has 3 nitrogen and oxygen atoms in total. The Kier molecular flexibility index (Phi) is 5.44. The van der Waals surface area contributed by atoms with E-state index in [9.17, 15) is 0 Å². The molecule has 0 saturated carbocycles. The number of aryl methyl sites for hydroxylation is 1. The first-order chi connectivity index (χ1) is 9.60. The van der Waals surface area contributed by atoms with Crippen molar-refractivity contribution in [3.63, 3.8) is 0 Å². The maximum Gasteiger partial charge on any atom is 0.0369 e. The van der Waals surface area contributed by atoms with Crippen LogP contribution in [0.3, 0.4) is 0 Å². The molecule has 0 aromatic heterocycles. The molecule has 112 valence electrons. The van der Waals surface area contributed by atoms with Crippen LogP contribution in [0, 0.1) is 12.8 Å². The Hall–Kier alpha value is -1.06. The highest BCUT2D eigenvalue weighted by Gasteiger charge is 2.18. The summed E-state index contributed by atoms with van der Waals surface area (Å²) in [6.45, 7) is 13.4. The van der Waals surface area contributed by atoms with Crippen molar-refractivity contribution in [3.8, 4) is 0 Å². The molecule has 2 N–H and O–H groups in total. The molecule has 1 aliphatic rings. The van der Waals surface area contributed by atoms with Crippen LogP contribution in [0.15, 0.2) is 18.2 Å². The molecule has 2 rings (SSSR count). The van der Waals surface area contributed by atoms with Crippen molar-refractivity contribution in [1.29, 1.82) is 0 Å². The molecule has 0 radical (unpaired) electrons. The van der Waals surface area contributed by atoms with Gasteiger partial charge in [-0.3, -0.25) is 4.90 Å². The third kappa shape index (κ3) is 3.97. The summed E-state index contributed by atoms with van der Waals surface area (Å²) in [6.07, 6.45) is 0.980. The molecule has 1 heterocycles. The fourth-order valence-electron chi connectivity index (χ4n) is 3.02. The smallest absolute Gasteiger partial charge is 0.0369 e.